The third kappa shape index (κ3) is 5.16. The molecule has 2 aliphatic rings. The average Bonchev–Trinajstić information content (AvgIpc) is 3.51. The first kappa shape index (κ1) is 21.8. The topological polar surface area (TPSA) is 98.9 Å². The highest BCUT2D eigenvalue weighted by atomic mass is 32.2. The molecule has 3 aromatic rings. The summed E-state index contributed by atoms with van der Waals surface area (Å²) < 4.78 is 0. The lowest BCUT2D eigenvalue weighted by Gasteiger charge is -2.18. The maximum Gasteiger partial charge on any atom is 0.315 e. The molecule has 4 atom stereocenters. The summed E-state index contributed by atoms with van der Waals surface area (Å²) in [6.45, 7) is 0. The van der Waals surface area contributed by atoms with Crippen LogP contribution in [0.5, 0.6) is 0 Å². The Bertz CT molecular complexity index is 1090. The van der Waals surface area contributed by atoms with Gasteiger partial charge < -0.3 is 20.9 Å². The number of carbonyl (C=O) groups excluding carboxylic acids is 2. The van der Waals surface area contributed by atoms with Gasteiger partial charge in [-0.15, -0.1) is 0 Å². The molecular formula is C25H29N5O2S. The standard InChI is InChI=1S/C25H29N5O2S/c31-22(13-7-6-12-21-23-20(15-33-21)29-25(32)30-23)26-19(14-16-8-2-1-3-9-16)24-27-17-10-4-5-11-18(17)28-24/h1-5,8-11,19-21,23H,6-7,12-15H2,(H,26,31)(H,27,28)(H2,29,30,32)/t19-,20+,21+,23+/m1/s1. The van der Waals surface area contributed by atoms with E-state index < -0.39 is 0 Å². The summed E-state index contributed by atoms with van der Waals surface area (Å²) in [5.41, 5.74) is 3.03. The second kappa shape index (κ2) is 9.87. The van der Waals surface area contributed by atoms with E-state index in [4.69, 9.17) is 4.98 Å². The molecule has 2 fully saturated rings. The second-order valence-electron chi connectivity index (χ2n) is 8.82. The van der Waals surface area contributed by atoms with Crippen LogP contribution in [-0.4, -0.2) is 45.0 Å². The quantitative estimate of drug-likeness (QED) is 0.287. The molecule has 1 aromatic heterocycles. The van der Waals surface area contributed by atoms with Gasteiger partial charge in [0.25, 0.3) is 0 Å². The van der Waals surface area contributed by atoms with E-state index in [1.807, 2.05) is 54.2 Å². The maximum absolute atomic E-state index is 12.8. The number of nitrogens with one attached hydrogen (secondary N) is 4. The Hall–Kier alpha value is -3.00. The number of unbranched alkanes of at least 4 members (excludes halogenated alkanes) is 1. The number of carbonyl (C=O) groups is 2. The van der Waals surface area contributed by atoms with Crippen LogP contribution >= 0.6 is 11.8 Å². The molecule has 0 radical (unpaired) electrons. The number of nitrogens with zero attached hydrogens (tertiary/aromatic N) is 1. The van der Waals surface area contributed by atoms with Crippen molar-refractivity contribution in [1.29, 1.82) is 0 Å². The Morgan fingerprint density at radius 3 is 2.76 bits per heavy atom. The number of amides is 3. The molecule has 0 saturated carbocycles. The monoisotopic (exact) mass is 463 g/mol. The fourth-order valence-corrected chi connectivity index (χ4v) is 6.29. The van der Waals surface area contributed by atoms with Crippen LogP contribution in [0.3, 0.4) is 0 Å². The number of hydrogen-bond acceptors (Lipinski definition) is 4. The van der Waals surface area contributed by atoms with Gasteiger partial charge in [-0.25, -0.2) is 9.78 Å². The van der Waals surface area contributed by atoms with Gasteiger partial charge >= 0.3 is 6.03 Å². The van der Waals surface area contributed by atoms with Gasteiger partial charge in [0, 0.05) is 17.4 Å². The molecule has 33 heavy (non-hydrogen) atoms. The molecule has 2 aliphatic heterocycles. The number of benzene rings is 2. The number of fused-ring (bicyclic) bond motifs is 2. The zero-order chi connectivity index (χ0) is 22.6. The van der Waals surface area contributed by atoms with Gasteiger partial charge in [-0.2, -0.15) is 11.8 Å². The van der Waals surface area contributed by atoms with Crippen molar-refractivity contribution in [1.82, 2.24) is 25.9 Å². The van der Waals surface area contributed by atoms with Crippen LogP contribution in [0.1, 0.15) is 43.1 Å². The molecular weight excluding hydrogens is 434 g/mol. The molecule has 7 nitrogen and oxygen atoms in total. The summed E-state index contributed by atoms with van der Waals surface area (Å²) in [4.78, 5) is 32.5. The molecule has 0 aliphatic carbocycles. The molecule has 3 amide bonds. The number of imidazole rings is 1. The Morgan fingerprint density at radius 1 is 1.09 bits per heavy atom. The van der Waals surface area contributed by atoms with Crippen LogP contribution in [0.4, 0.5) is 4.79 Å². The molecule has 3 heterocycles. The number of aromatic amines is 1. The van der Waals surface area contributed by atoms with Crippen molar-refractivity contribution in [2.24, 2.45) is 0 Å². The third-order valence-electron chi connectivity index (χ3n) is 6.44. The van der Waals surface area contributed by atoms with Crippen molar-refractivity contribution in [2.75, 3.05) is 5.75 Å². The minimum Gasteiger partial charge on any atom is -0.346 e. The molecule has 5 rings (SSSR count). The summed E-state index contributed by atoms with van der Waals surface area (Å²) in [5, 5.41) is 9.65. The lowest BCUT2D eigenvalue weighted by molar-refractivity contribution is -0.122. The van der Waals surface area contributed by atoms with Gasteiger partial charge in [0.15, 0.2) is 0 Å². The maximum atomic E-state index is 12.8. The molecule has 0 bridgehead atoms. The SMILES string of the molecule is O=C(CCCC[C@@H]1SC[C@@H]2NC(=O)N[C@@H]21)N[C@H](Cc1ccccc1)c1nc2ccccc2[nH]1. The number of H-pyrrole nitrogens is 1. The highest BCUT2D eigenvalue weighted by molar-refractivity contribution is 8.00. The van der Waals surface area contributed by atoms with Crippen molar-refractivity contribution in [3.63, 3.8) is 0 Å². The Morgan fingerprint density at radius 2 is 1.91 bits per heavy atom. The van der Waals surface area contributed by atoms with Gasteiger partial charge in [0.05, 0.1) is 29.2 Å². The largest absolute Gasteiger partial charge is 0.346 e. The smallest absolute Gasteiger partial charge is 0.315 e. The summed E-state index contributed by atoms with van der Waals surface area (Å²) in [6.07, 6.45) is 3.98. The number of para-hydroxylation sites is 2. The van der Waals surface area contributed by atoms with Gasteiger partial charge in [0.1, 0.15) is 5.82 Å². The highest BCUT2D eigenvalue weighted by Crippen LogP contribution is 2.33. The van der Waals surface area contributed by atoms with Crippen molar-refractivity contribution >= 4 is 34.7 Å². The van der Waals surface area contributed by atoms with E-state index in [0.717, 1.165) is 47.4 Å². The van der Waals surface area contributed by atoms with Gasteiger partial charge in [0.2, 0.25) is 5.91 Å². The normalized spacial score (nSPS) is 22.5. The van der Waals surface area contributed by atoms with E-state index in [1.165, 1.54) is 0 Å². The first-order chi connectivity index (χ1) is 16.2. The van der Waals surface area contributed by atoms with Crippen LogP contribution in [0, 0.1) is 0 Å². The molecule has 172 valence electrons. The van der Waals surface area contributed by atoms with Crippen LogP contribution in [0.15, 0.2) is 54.6 Å². The fraction of sp³-hybridized carbons (Fsp3) is 0.400. The Balaban J connectivity index is 1.17. The van der Waals surface area contributed by atoms with Crippen LogP contribution in [0.2, 0.25) is 0 Å². The predicted molar refractivity (Wildman–Crippen MR) is 131 cm³/mol. The van der Waals surface area contributed by atoms with Crippen molar-refractivity contribution in [3.05, 3.63) is 66.0 Å². The van der Waals surface area contributed by atoms with Crippen LogP contribution in [0.25, 0.3) is 11.0 Å². The zero-order valence-corrected chi connectivity index (χ0v) is 19.2. The van der Waals surface area contributed by atoms with E-state index in [0.29, 0.717) is 18.1 Å². The van der Waals surface area contributed by atoms with Gasteiger partial charge in [-0.1, -0.05) is 48.9 Å². The third-order valence-corrected chi connectivity index (χ3v) is 7.94. The van der Waals surface area contributed by atoms with E-state index in [1.54, 1.807) is 0 Å². The molecule has 4 N–H and O–H groups in total. The van der Waals surface area contributed by atoms with Crippen LogP contribution in [-0.2, 0) is 11.2 Å². The predicted octanol–water partition coefficient (Wildman–Crippen LogP) is 3.69. The fourth-order valence-electron chi connectivity index (χ4n) is 4.74. The Labute approximate surface area is 197 Å². The summed E-state index contributed by atoms with van der Waals surface area (Å²) in [6, 6.07) is 18.3. The summed E-state index contributed by atoms with van der Waals surface area (Å²) >= 11 is 1.92. The first-order valence-electron chi connectivity index (χ1n) is 11.6. The van der Waals surface area contributed by atoms with Crippen molar-refractivity contribution in [3.8, 4) is 0 Å². The van der Waals surface area contributed by atoms with E-state index >= 15 is 0 Å². The van der Waals surface area contributed by atoms with Gasteiger partial charge in [-0.05, 0) is 37.0 Å². The van der Waals surface area contributed by atoms with Crippen molar-refractivity contribution < 1.29 is 9.59 Å². The minimum atomic E-state index is -0.210. The van der Waals surface area contributed by atoms with Crippen molar-refractivity contribution in [2.45, 2.75) is 55.5 Å². The summed E-state index contributed by atoms with van der Waals surface area (Å²) in [5.74, 6) is 1.79. The summed E-state index contributed by atoms with van der Waals surface area (Å²) in [7, 11) is 0. The second-order valence-corrected chi connectivity index (χ2v) is 10.1. The molecule has 0 spiro atoms. The highest BCUT2D eigenvalue weighted by Gasteiger charge is 2.42. The lowest BCUT2D eigenvalue weighted by Crippen LogP contribution is -2.36. The number of rotatable bonds is 9. The Kier molecular flexibility index (Phi) is 6.53. The number of aromatic nitrogens is 2. The number of thioether (sulfide) groups is 1. The van der Waals surface area contributed by atoms with E-state index in [9.17, 15) is 9.59 Å². The van der Waals surface area contributed by atoms with Gasteiger partial charge in [-0.3, -0.25) is 4.79 Å². The first-order valence-corrected chi connectivity index (χ1v) is 12.7. The molecule has 2 aromatic carbocycles. The lowest BCUT2D eigenvalue weighted by atomic mass is 10.0. The number of hydrogen-bond donors (Lipinski definition) is 4. The van der Waals surface area contributed by atoms with E-state index in [2.05, 4.69) is 33.1 Å². The van der Waals surface area contributed by atoms with E-state index in [-0.39, 0.29) is 30.1 Å². The minimum absolute atomic E-state index is 0.0455. The van der Waals surface area contributed by atoms with Crippen LogP contribution < -0.4 is 16.0 Å². The zero-order valence-electron chi connectivity index (χ0n) is 18.4. The molecule has 2 saturated heterocycles. The molecule has 0 unspecified atom stereocenters. The average molecular weight is 464 g/mol. The molecule has 8 heteroatoms. The number of urea groups is 1.